The molecule has 0 bridgehead atoms. The molecule has 21 heavy (non-hydrogen) atoms. The van der Waals surface area contributed by atoms with E-state index in [1.54, 1.807) is 0 Å². The zero-order chi connectivity index (χ0) is 14.8. The summed E-state index contributed by atoms with van der Waals surface area (Å²) < 4.78 is 0. The van der Waals surface area contributed by atoms with E-state index in [0.717, 1.165) is 37.1 Å². The van der Waals surface area contributed by atoms with Crippen LogP contribution in [0.15, 0.2) is 18.2 Å². The van der Waals surface area contributed by atoms with Gasteiger partial charge in [0, 0.05) is 24.7 Å². The average Bonchev–Trinajstić information content (AvgIpc) is 3.13. The highest BCUT2D eigenvalue weighted by atomic mass is 16.2. The first-order valence-corrected chi connectivity index (χ1v) is 8.26. The number of aryl methyl sites for hydroxylation is 2. The molecule has 1 aromatic rings. The fourth-order valence-corrected chi connectivity index (χ4v) is 3.68. The van der Waals surface area contributed by atoms with Gasteiger partial charge >= 0.3 is 0 Å². The number of likely N-dealkylation sites (tertiary alicyclic amines) is 2. The molecular weight excluding hydrogens is 260 g/mol. The number of hydrogen-bond donors (Lipinski definition) is 0. The van der Waals surface area contributed by atoms with Crippen LogP contribution in [0.2, 0.25) is 0 Å². The van der Waals surface area contributed by atoms with Crippen LogP contribution in [-0.4, -0.2) is 47.9 Å². The lowest BCUT2D eigenvalue weighted by Crippen LogP contribution is -2.42. The fourth-order valence-electron chi connectivity index (χ4n) is 3.68. The zero-order valence-electron chi connectivity index (χ0n) is 13.3. The molecule has 0 N–H and O–H groups in total. The van der Waals surface area contributed by atoms with Crippen molar-refractivity contribution in [1.82, 2.24) is 9.80 Å². The molecule has 0 spiro atoms. The summed E-state index contributed by atoms with van der Waals surface area (Å²) >= 11 is 0. The summed E-state index contributed by atoms with van der Waals surface area (Å²) in [6.07, 6.45) is 4.94. The number of amides is 1. The Hall–Kier alpha value is -1.35. The number of nitrogens with zero attached hydrogens (tertiary/aromatic N) is 2. The van der Waals surface area contributed by atoms with Crippen molar-refractivity contribution < 1.29 is 4.79 Å². The van der Waals surface area contributed by atoms with Gasteiger partial charge < -0.3 is 9.80 Å². The third kappa shape index (κ3) is 3.13. The summed E-state index contributed by atoms with van der Waals surface area (Å²) in [5.41, 5.74) is 3.15. The van der Waals surface area contributed by atoms with Crippen molar-refractivity contribution in [3.8, 4) is 0 Å². The van der Waals surface area contributed by atoms with E-state index in [9.17, 15) is 4.79 Å². The van der Waals surface area contributed by atoms with Crippen molar-refractivity contribution in [2.45, 2.75) is 45.6 Å². The maximum atomic E-state index is 12.9. The number of carbonyl (C=O) groups excluding carboxylic acids is 1. The lowest BCUT2D eigenvalue weighted by molar-refractivity contribution is 0.0708. The third-order valence-electron chi connectivity index (χ3n) is 4.93. The lowest BCUT2D eigenvalue weighted by Gasteiger charge is -2.29. The molecule has 1 atom stereocenters. The van der Waals surface area contributed by atoms with E-state index in [1.807, 2.05) is 13.0 Å². The van der Waals surface area contributed by atoms with Gasteiger partial charge in [-0.25, -0.2) is 0 Å². The molecule has 1 aromatic carbocycles. The average molecular weight is 286 g/mol. The van der Waals surface area contributed by atoms with E-state index < -0.39 is 0 Å². The second-order valence-electron chi connectivity index (χ2n) is 6.62. The predicted molar refractivity (Wildman–Crippen MR) is 85.6 cm³/mol. The first kappa shape index (κ1) is 14.6. The van der Waals surface area contributed by atoms with Crippen LogP contribution in [0, 0.1) is 13.8 Å². The maximum absolute atomic E-state index is 12.9. The van der Waals surface area contributed by atoms with Crippen molar-refractivity contribution in [2.75, 3.05) is 26.2 Å². The van der Waals surface area contributed by atoms with E-state index in [2.05, 4.69) is 28.9 Å². The van der Waals surface area contributed by atoms with Crippen LogP contribution in [-0.2, 0) is 0 Å². The van der Waals surface area contributed by atoms with Gasteiger partial charge in [-0.15, -0.1) is 0 Å². The lowest BCUT2D eigenvalue weighted by atomic mass is 10.0. The highest BCUT2D eigenvalue weighted by molar-refractivity contribution is 5.96. The Morgan fingerprint density at radius 1 is 1.14 bits per heavy atom. The number of hydrogen-bond acceptors (Lipinski definition) is 2. The molecule has 0 aromatic heterocycles. The molecule has 2 aliphatic heterocycles. The van der Waals surface area contributed by atoms with Crippen LogP contribution in [0.1, 0.15) is 47.2 Å². The maximum Gasteiger partial charge on any atom is 0.254 e. The topological polar surface area (TPSA) is 23.6 Å². The van der Waals surface area contributed by atoms with Crippen molar-refractivity contribution in [3.05, 3.63) is 34.9 Å². The molecule has 0 radical (unpaired) electrons. The molecule has 2 aliphatic rings. The van der Waals surface area contributed by atoms with Gasteiger partial charge in [0.25, 0.3) is 5.91 Å². The molecule has 3 heteroatoms. The Kier molecular flexibility index (Phi) is 4.29. The number of benzene rings is 1. The van der Waals surface area contributed by atoms with Crippen LogP contribution in [0.5, 0.6) is 0 Å². The number of carbonyl (C=O) groups is 1. The van der Waals surface area contributed by atoms with Crippen molar-refractivity contribution >= 4 is 5.91 Å². The van der Waals surface area contributed by atoms with Crippen LogP contribution in [0.25, 0.3) is 0 Å². The Morgan fingerprint density at radius 2 is 1.90 bits per heavy atom. The smallest absolute Gasteiger partial charge is 0.254 e. The molecule has 0 saturated carbocycles. The van der Waals surface area contributed by atoms with Gasteiger partial charge in [-0.1, -0.05) is 17.7 Å². The summed E-state index contributed by atoms with van der Waals surface area (Å²) in [6.45, 7) is 8.51. The van der Waals surface area contributed by atoms with E-state index >= 15 is 0 Å². The van der Waals surface area contributed by atoms with Gasteiger partial charge in [-0.2, -0.15) is 0 Å². The van der Waals surface area contributed by atoms with E-state index in [-0.39, 0.29) is 5.91 Å². The largest absolute Gasteiger partial charge is 0.334 e. The summed E-state index contributed by atoms with van der Waals surface area (Å²) in [5, 5.41) is 0. The minimum absolute atomic E-state index is 0.234. The quantitative estimate of drug-likeness (QED) is 0.853. The first-order valence-electron chi connectivity index (χ1n) is 8.26. The monoisotopic (exact) mass is 286 g/mol. The van der Waals surface area contributed by atoms with Crippen LogP contribution >= 0.6 is 0 Å². The summed E-state index contributed by atoms with van der Waals surface area (Å²) in [4.78, 5) is 17.6. The summed E-state index contributed by atoms with van der Waals surface area (Å²) in [6, 6.07) is 6.60. The Labute approximate surface area is 127 Å². The van der Waals surface area contributed by atoms with Gasteiger partial charge in [0.1, 0.15) is 0 Å². The van der Waals surface area contributed by atoms with Crippen molar-refractivity contribution in [3.63, 3.8) is 0 Å². The van der Waals surface area contributed by atoms with E-state index in [0.29, 0.717) is 6.04 Å². The van der Waals surface area contributed by atoms with Gasteiger partial charge in [-0.3, -0.25) is 4.79 Å². The molecule has 1 unspecified atom stereocenters. The first-order chi connectivity index (χ1) is 10.1. The summed E-state index contributed by atoms with van der Waals surface area (Å²) in [7, 11) is 0. The molecule has 3 rings (SSSR count). The minimum Gasteiger partial charge on any atom is -0.334 e. The Bertz CT molecular complexity index is 520. The molecule has 2 fully saturated rings. The molecule has 114 valence electrons. The molecular formula is C18H26N2O. The van der Waals surface area contributed by atoms with Gasteiger partial charge in [0.05, 0.1) is 0 Å². The summed E-state index contributed by atoms with van der Waals surface area (Å²) in [5.74, 6) is 0.234. The van der Waals surface area contributed by atoms with E-state index in [4.69, 9.17) is 0 Å². The normalized spacial score (nSPS) is 23.0. The standard InChI is InChI=1S/C18H26N2O/c1-14-7-8-15(2)17(12-14)18(21)20-11-5-6-16(20)13-19-9-3-4-10-19/h7-8,12,16H,3-6,9-11,13H2,1-2H3. The number of rotatable bonds is 3. The Balaban J connectivity index is 1.74. The van der Waals surface area contributed by atoms with E-state index in [1.165, 1.54) is 31.5 Å². The second kappa shape index (κ2) is 6.18. The molecule has 0 aliphatic carbocycles. The highest BCUT2D eigenvalue weighted by Gasteiger charge is 2.31. The highest BCUT2D eigenvalue weighted by Crippen LogP contribution is 2.24. The van der Waals surface area contributed by atoms with Crippen LogP contribution in [0.4, 0.5) is 0 Å². The van der Waals surface area contributed by atoms with Crippen molar-refractivity contribution in [1.29, 1.82) is 0 Å². The fraction of sp³-hybridized carbons (Fsp3) is 0.611. The van der Waals surface area contributed by atoms with Gasteiger partial charge in [0.2, 0.25) is 0 Å². The SMILES string of the molecule is Cc1ccc(C)c(C(=O)N2CCCC2CN2CCCC2)c1. The second-order valence-corrected chi connectivity index (χ2v) is 6.62. The Morgan fingerprint density at radius 3 is 2.67 bits per heavy atom. The molecule has 3 nitrogen and oxygen atoms in total. The molecule has 1 amide bonds. The minimum atomic E-state index is 0.234. The van der Waals surface area contributed by atoms with Crippen LogP contribution < -0.4 is 0 Å². The van der Waals surface area contributed by atoms with Gasteiger partial charge in [-0.05, 0) is 64.3 Å². The van der Waals surface area contributed by atoms with Crippen LogP contribution in [0.3, 0.4) is 0 Å². The predicted octanol–water partition coefficient (Wildman–Crippen LogP) is 3.00. The molecule has 2 saturated heterocycles. The van der Waals surface area contributed by atoms with Gasteiger partial charge in [0.15, 0.2) is 0 Å². The third-order valence-corrected chi connectivity index (χ3v) is 4.93. The van der Waals surface area contributed by atoms with Crippen molar-refractivity contribution in [2.24, 2.45) is 0 Å². The molecule has 2 heterocycles. The zero-order valence-corrected chi connectivity index (χ0v) is 13.3.